The fourth-order valence-corrected chi connectivity index (χ4v) is 2.01. The number of nitrogen functional groups attached to an aromatic ring is 1. The van der Waals surface area contributed by atoms with Crippen molar-refractivity contribution in [2.24, 2.45) is 0 Å². The number of hydrogen-bond acceptors (Lipinski definition) is 3. The van der Waals surface area contributed by atoms with Gasteiger partial charge >= 0.3 is 0 Å². The second-order valence-corrected chi connectivity index (χ2v) is 4.21. The highest BCUT2D eigenvalue weighted by atomic mass is 19.1. The monoisotopic (exact) mass is 257 g/mol. The van der Waals surface area contributed by atoms with Crippen LogP contribution in [0, 0.1) is 5.82 Å². The number of furan rings is 1. The van der Waals surface area contributed by atoms with E-state index in [9.17, 15) is 4.39 Å². The molecule has 2 aromatic heterocycles. The molecular formula is C14H12FN3O. The van der Waals surface area contributed by atoms with E-state index in [1.54, 1.807) is 36.6 Å². The Morgan fingerprint density at radius 2 is 2.05 bits per heavy atom. The van der Waals surface area contributed by atoms with Gasteiger partial charge < -0.3 is 10.2 Å². The number of benzene rings is 1. The molecule has 0 saturated carbocycles. The van der Waals surface area contributed by atoms with Crippen LogP contribution in [0.2, 0.25) is 0 Å². The Morgan fingerprint density at radius 1 is 1.21 bits per heavy atom. The average Bonchev–Trinajstić information content (AvgIpc) is 3.03. The average molecular weight is 257 g/mol. The van der Waals surface area contributed by atoms with Crippen LogP contribution < -0.4 is 5.73 Å². The molecule has 0 atom stereocenters. The standard InChI is InChI=1S/C14H12FN3O/c15-11-5-2-1-4-9(11)8-10-13(17-18-14(10)16)12-6-3-7-19-12/h1-7H,8H2,(H3,16,17,18). The van der Waals surface area contributed by atoms with E-state index >= 15 is 0 Å². The van der Waals surface area contributed by atoms with Gasteiger partial charge in [0.15, 0.2) is 5.76 Å². The third-order valence-electron chi connectivity index (χ3n) is 2.99. The molecular weight excluding hydrogens is 245 g/mol. The lowest BCUT2D eigenvalue weighted by molar-refractivity contribution is 0.579. The van der Waals surface area contributed by atoms with Crippen molar-refractivity contribution < 1.29 is 8.81 Å². The number of aromatic nitrogens is 2. The van der Waals surface area contributed by atoms with Crippen molar-refractivity contribution in [1.82, 2.24) is 10.2 Å². The molecule has 0 aliphatic carbocycles. The van der Waals surface area contributed by atoms with E-state index in [0.29, 0.717) is 29.3 Å². The molecule has 0 radical (unpaired) electrons. The number of H-pyrrole nitrogens is 1. The molecule has 3 N–H and O–H groups in total. The van der Waals surface area contributed by atoms with Crippen LogP contribution in [-0.2, 0) is 6.42 Å². The Balaban J connectivity index is 2.02. The van der Waals surface area contributed by atoms with E-state index < -0.39 is 0 Å². The first-order valence-corrected chi connectivity index (χ1v) is 5.85. The molecule has 1 aromatic carbocycles. The molecule has 3 rings (SSSR count). The lowest BCUT2D eigenvalue weighted by Crippen LogP contribution is -1.97. The molecule has 5 heteroatoms. The van der Waals surface area contributed by atoms with Gasteiger partial charge in [0.1, 0.15) is 17.3 Å². The number of anilines is 1. The third-order valence-corrected chi connectivity index (χ3v) is 2.99. The van der Waals surface area contributed by atoms with Crippen molar-refractivity contribution in [3.05, 3.63) is 59.6 Å². The van der Waals surface area contributed by atoms with E-state index in [1.807, 2.05) is 0 Å². The van der Waals surface area contributed by atoms with Crippen LogP contribution >= 0.6 is 0 Å². The maximum absolute atomic E-state index is 13.7. The van der Waals surface area contributed by atoms with E-state index in [4.69, 9.17) is 10.2 Å². The summed E-state index contributed by atoms with van der Waals surface area (Å²) >= 11 is 0. The van der Waals surface area contributed by atoms with E-state index in [1.165, 1.54) is 6.07 Å². The smallest absolute Gasteiger partial charge is 0.152 e. The van der Waals surface area contributed by atoms with Crippen molar-refractivity contribution in [2.75, 3.05) is 5.73 Å². The number of halogens is 1. The van der Waals surface area contributed by atoms with Gasteiger partial charge in [-0.1, -0.05) is 18.2 Å². The number of aromatic amines is 1. The largest absolute Gasteiger partial charge is 0.463 e. The van der Waals surface area contributed by atoms with Gasteiger partial charge in [0.05, 0.1) is 6.26 Å². The molecule has 0 unspecified atom stereocenters. The highest BCUT2D eigenvalue weighted by molar-refractivity contribution is 5.64. The quantitative estimate of drug-likeness (QED) is 0.758. The molecule has 0 aliphatic rings. The first-order valence-electron chi connectivity index (χ1n) is 5.85. The second-order valence-electron chi connectivity index (χ2n) is 4.21. The zero-order chi connectivity index (χ0) is 13.2. The summed E-state index contributed by atoms with van der Waals surface area (Å²) < 4.78 is 19.0. The Kier molecular flexibility index (Phi) is 2.79. The summed E-state index contributed by atoms with van der Waals surface area (Å²) in [6.07, 6.45) is 1.93. The Labute approximate surface area is 109 Å². The van der Waals surface area contributed by atoms with E-state index in [2.05, 4.69) is 10.2 Å². The Bertz CT molecular complexity index is 689. The highest BCUT2D eigenvalue weighted by Crippen LogP contribution is 2.28. The minimum absolute atomic E-state index is 0.256. The molecule has 4 nitrogen and oxygen atoms in total. The van der Waals surface area contributed by atoms with Crippen LogP contribution in [0.25, 0.3) is 11.5 Å². The zero-order valence-electron chi connectivity index (χ0n) is 10.1. The van der Waals surface area contributed by atoms with Crippen LogP contribution in [-0.4, -0.2) is 10.2 Å². The lowest BCUT2D eigenvalue weighted by atomic mass is 10.0. The van der Waals surface area contributed by atoms with E-state index in [0.717, 1.165) is 5.56 Å². The molecule has 0 amide bonds. The molecule has 0 saturated heterocycles. The first kappa shape index (κ1) is 11.5. The van der Waals surface area contributed by atoms with Crippen LogP contribution in [0.5, 0.6) is 0 Å². The minimum atomic E-state index is -0.256. The molecule has 19 heavy (non-hydrogen) atoms. The van der Waals surface area contributed by atoms with Crippen molar-refractivity contribution in [1.29, 1.82) is 0 Å². The van der Waals surface area contributed by atoms with Gasteiger partial charge in [-0.25, -0.2) is 4.39 Å². The van der Waals surface area contributed by atoms with Crippen molar-refractivity contribution in [3.63, 3.8) is 0 Å². The summed E-state index contributed by atoms with van der Waals surface area (Å²) in [5, 5.41) is 6.79. The number of rotatable bonds is 3. The summed E-state index contributed by atoms with van der Waals surface area (Å²) in [6, 6.07) is 10.2. The maximum Gasteiger partial charge on any atom is 0.152 e. The summed E-state index contributed by atoms with van der Waals surface area (Å²) in [6.45, 7) is 0. The summed E-state index contributed by atoms with van der Waals surface area (Å²) in [5.74, 6) is 0.735. The summed E-state index contributed by atoms with van der Waals surface area (Å²) in [5.41, 5.74) is 7.83. The molecule has 0 fully saturated rings. The predicted molar refractivity (Wildman–Crippen MR) is 69.9 cm³/mol. The highest BCUT2D eigenvalue weighted by Gasteiger charge is 2.16. The Morgan fingerprint density at radius 3 is 2.79 bits per heavy atom. The predicted octanol–water partition coefficient (Wildman–Crippen LogP) is 2.98. The van der Waals surface area contributed by atoms with Gasteiger partial charge in [-0.05, 0) is 23.8 Å². The van der Waals surface area contributed by atoms with Crippen LogP contribution in [0.1, 0.15) is 11.1 Å². The second kappa shape index (κ2) is 4.61. The topological polar surface area (TPSA) is 67.8 Å². The van der Waals surface area contributed by atoms with Gasteiger partial charge in [0.2, 0.25) is 0 Å². The van der Waals surface area contributed by atoms with Crippen molar-refractivity contribution in [3.8, 4) is 11.5 Å². The molecule has 0 bridgehead atoms. The third kappa shape index (κ3) is 2.10. The van der Waals surface area contributed by atoms with Gasteiger partial charge in [-0.2, -0.15) is 5.10 Å². The van der Waals surface area contributed by atoms with Gasteiger partial charge in [0, 0.05) is 12.0 Å². The Hall–Kier alpha value is -2.56. The SMILES string of the molecule is Nc1n[nH]c(-c2ccco2)c1Cc1ccccc1F. The normalized spacial score (nSPS) is 10.8. The number of nitrogens with zero attached hydrogens (tertiary/aromatic N) is 1. The van der Waals surface area contributed by atoms with Gasteiger partial charge in [-0.15, -0.1) is 0 Å². The fourth-order valence-electron chi connectivity index (χ4n) is 2.01. The minimum Gasteiger partial charge on any atom is -0.463 e. The molecule has 3 aromatic rings. The maximum atomic E-state index is 13.7. The van der Waals surface area contributed by atoms with Gasteiger partial charge in [-0.3, -0.25) is 5.10 Å². The number of hydrogen-bond donors (Lipinski definition) is 2. The number of nitrogens with one attached hydrogen (secondary N) is 1. The molecule has 0 aliphatic heterocycles. The fraction of sp³-hybridized carbons (Fsp3) is 0.0714. The molecule has 2 heterocycles. The van der Waals surface area contributed by atoms with Crippen LogP contribution in [0.3, 0.4) is 0 Å². The van der Waals surface area contributed by atoms with E-state index in [-0.39, 0.29) is 5.82 Å². The molecule has 96 valence electrons. The summed E-state index contributed by atoms with van der Waals surface area (Å²) in [7, 11) is 0. The van der Waals surface area contributed by atoms with Crippen LogP contribution in [0.4, 0.5) is 10.2 Å². The lowest BCUT2D eigenvalue weighted by Gasteiger charge is -2.04. The van der Waals surface area contributed by atoms with Crippen molar-refractivity contribution >= 4 is 5.82 Å². The molecule has 0 spiro atoms. The van der Waals surface area contributed by atoms with Gasteiger partial charge in [0.25, 0.3) is 0 Å². The first-order chi connectivity index (χ1) is 9.25. The summed E-state index contributed by atoms with van der Waals surface area (Å²) in [4.78, 5) is 0. The number of nitrogens with two attached hydrogens (primary N) is 1. The zero-order valence-corrected chi connectivity index (χ0v) is 10.1. The van der Waals surface area contributed by atoms with Crippen LogP contribution in [0.15, 0.2) is 47.1 Å². The van der Waals surface area contributed by atoms with Crippen molar-refractivity contribution in [2.45, 2.75) is 6.42 Å².